The number of hydrogen-bond acceptors (Lipinski definition) is 9. The number of sulfonamides is 4. The summed E-state index contributed by atoms with van der Waals surface area (Å²) in [6, 6.07) is 19.3. The summed E-state index contributed by atoms with van der Waals surface area (Å²) < 4.78 is 106. The maximum atomic E-state index is 13.3. The van der Waals surface area contributed by atoms with Gasteiger partial charge < -0.3 is 0 Å². The van der Waals surface area contributed by atoms with Crippen LogP contribution < -0.4 is 8.25 Å². The molecule has 11 nitrogen and oxygen atoms in total. The van der Waals surface area contributed by atoms with Gasteiger partial charge in [0.05, 0.1) is 19.8 Å². The van der Waals surface area contributed by atoms with Crippen LogP contribution in [0.4, 0.5) is 0 Å². The lowest BCUT2D eigenvalue weighted by Crippen LogP contribution is -2.31. The lowest BCUT2D eigenvalue weighted by Gasteiger charge is -2.12. The molecule has 0 aliphatic rings. The Morgan fingerprint density at radius 2 is 0.810 bits per heavy atom. The van der Waals surface area contributed by atoms with Gasteiger partial charge in [0.25, 0.3) is 40.1 Å². The van der Waals surface area contributed by atoms with Crippen molar-refractivity contribution in [2.45, 2.75) is 19.6 Å². The third-order valence-electron chi connectivity index (χ3n) is 5.51. The Morgan fingerprint density at radius 1 is 0.476 bits per heavy atom. The monoisotopic (exact) mass is 688 g/mol. The first kappa shape index (κ1) is 31.8. The minimum absolute atomic E-state index is 0.313. The molecule has 0 heterocycles. The summed E-state index contributed by atoms with van der Waals surface area (Å²) in [5.74, 6) is -0.909. The van der Waals surface area contributed by atoms with E-state index in [1.54, 1.807) is 8.25 Å². The van der Waals surface area contributed by atoms with E-state index < -0.39 is 65.7 Å². The summed E-state index contributed by atoms with van der Waals surface area (Å²) in [6.45, 7) is 0. The first-order chi connectivity index (χ1) is 19.5. The van der Waals surface area contributed by atoms with E-state index >= 15 is 0 Å². The van der Waals surface area contributed by atoms with Crippen molar-refractivity contribution in [1.82, 2.24) is 8.25 Å². The van der Waals surface area contributed by atoms with Gasteiger partial charge in [0.1, 0.15) is 9.79 Å². The Hall–Kier alpha value is -3.15. The van der Waals surface area contributed by atoms with E-state index in [1.807, 2.05) is 0 Å². The van der Waals surface area contributed by atoms with Crippen molar-refractivity contribution in [3.8, 4) is 0 Å². The summed E-state index contributed by atoms with van der Waals surface area (Å²) in [5, 5.41) is -0.811. The second-order valence-corrected chi connectivity index (χ2v) is 16.4. The van der Waals surface area contributed by atoms with Crippen LogP contribution in [0.5, 0.6) is 0 Å². The standard InChI is InChI=1S/C25H18Cl2N2O9S4/c26-21-13-11-17(15-23(21)41(35,36)28-39(31,32)19-7-3-1-4-8-19)25(30)18-12-14-22(27)24(16-18)42(37,38)29-40(33,34)20-9-5-2-6-10-20/h1-16,28-29H. The zero-order valence-corrected chi connectivity index (χ0v) is 25.6. The van der Waals surface area contributed by atoms with Gasteiger partial charge in [-0.1, -0.05) is 59.6 Å². The Bertz CT molecular complexity index is 1970. The van der Waals surface area contributed by atoms with Crippen LogP contribution in [0.15, 0.2) is 117 Å². The first-order valence-electron chi connectivity index (χ1n) is 11.3. The van der Waals surface area contributed by atoms with Crippen molar-refractivity contribution >= 4 is 69.1 Å². The molecule has 0 atom stereocenters. The molecular weight excluding hydrogens is 671 g/mol. The van der Waals surface area contributed by atoms with E-state index in [4.69, 9.17) is 23.2 Å². The highest BCUT2D eigenvalue weighted by Gasteiger charge is 2.29. The van der Waals surface area contributed by atoms with Gasteiger partial charge in [-0.05, 0) is 60.7 Å². The highest BCUT2D eigenvalue weighted by atomic mass is 35.5. The lowest BCUT2D eigenvalue weighted by atomic mass is 10.0. The van der Waals surface area contributed by atoms with Gasteiger partial charge in [0.2, 0.25) is 0 Å². The van der Waals surface area contributed by atoms with Crippen molar-refractivity contribution in [3.63, 3.8) is 0 Å². The SMILES string of the molecule is O=C(c1ccc(Cl)c(S(=O)(=O)NS(=O)(=O)c2ccccc2)c1)c1ccc(Cl)c(S(=O)(=O)NS(=O)(=O)c2ccccc2)c1. The predicted octanol–water partition coefficient (Wildman–Crippen LogP) is 3.56. The normalized spacial score (nSPS) is 12.6. The lowest BCUT2D eigenvalue weighted by molar-refractivity contribution is 0.103. The molecule has 0 spiro atoms. The Labute approximate surface area is 252 Å². The van der Waals surface area contributed by atoms with Crippen molar-refractivity contribution < 1.29 is 38.5 Å². The van der Waals surface area contributed by atoms with Gasteiger partial charge in [0.15, 0.2) is 5.78 Å². The quantitative estimate of drug-likeness (QED) is 0.236. The zero-order valence-electron chi connectivity index (χ0n) is 20.8. The fourth-order valence-corrected chi connectivity index (χ4v) is 10.4. The molecule has 4 aromatic rings. The van der Waals surface area contributed by atoms with Crippen LogP contribution in [0.25, 0.3) is 0 Å². The summed E-state index contributed by atoms with van der Waals surface area (Å²) in [5.41, 5.74) is -0.625. The van der Waals surface area contributed by atoms with E-state index in [0.717, 1.165) is 36.4 Å². The molecule has 0 amide bonds. The summed E-state index contributed by atoms with van der Waals surface area (Å²) >= 11 is 12.1. The van der Waals surface area contributed by atoms with Crippen molar-refractivity contribution in [3.05, 3.63) is 118 Å². The van der Waals surface area contributed by atoms with Gasteiger partial charge in [-0.25, -0.2) is 33.7 Å². The van der Waals surface area contributed by atoms with Crippen molar-refractivity contribution in [2.24, 2.45) is 0 Å². The van der Waals surface area contributed by atoms with Crippen LogP contribution in [0.2, 0.25) is 10.0 Å². The molecule has 0 aromatic heterocycles. The maximum Gasteiger partial charge on any atom is 0.255 e. The predicted molar refractivity (Wildman–Crippen MR) is 154 cm³/mol. The number of halogens is 2. The molecule has 0 saturated carbocycles. The largest absolute Gasteiger partial charge is 0.289 e. The smallest absolute Gasteiger partial charge is 0.255 e. The molecule has 42 heavy (non-hydrogen) atoms. The van der Waals surface area contributed by atoms with Gasteiger partial charge in [-0.15, -0.1) is 8.25 Å². The average Bonchev–Trinajstić information content (AvgIpc) is 2.93. The van der Waals surface area contributed by atoms with Gasteiger partial charge >= 0.3 is 0 Å². The highest BCUT2D eigenvalue weighted by molar-refractivity contribution is 8.05. The second-order valence-electron chi connectivity index (χ2n) is 8.43. The minimum Gasteiger partial charge on any atom is -0.289 e. The Morgan fingerprint density at radius 3 is 1.14 bits per heavy atom. The second kappa shape index (κ2) is 11.9. The molecule has 17 heteroatoms. The number of benzene rings is 4. The van der Waals surface area contributed by atoms with Crippen LogP contribution in [-0.4, -0.2) is 39.5 Å². The summed E-state index contributed by atoms with van der Waals surface area (Å²) in [6.07, 6.45) is 0. The van der Waals surface area contributed by atoms with Crippen molar-refractivity contribution in [1.29, 1.82) is 0 Å². The Kier molecular flexibility index (Phi) is 8.97. The third kappa shape index (κ3) is 6.90. The summed E-state index contributed by atoms with van der Waals surface area (Å²) in [4.78, 5) is 11.1. The van der Waals surface area contributed by atoms with E-state index in [1.165, 1.54) is 60.7 Å². The van der Waals surface area contributed by atoms with Gasteiger partial charge in [-0.2, -0.15) is 0 Å². The third-order valence-corrected chi connectivity index (χ3v) is 13.5. The molecular formula is C25H18Cl2N2O9S4. The molecule has 4 aromatic carbocycles. The highest BCUT2D eigenvalue weighted by Crippen LogP contribution is 2.28. The zero-order chi connectivity index (χ0) is 30.9. The molecule has 0 aliphatic heterocycles. The van der Waals surface area contributed by atoms with E-state index in [9.17, 15) is 38.5 Å². The van der Waals surface area contributed by atoms with Gasteiger partial charge in [0, 0.05) is 11.1 Å². The molecule has 0 bridgehead atoms. The summed E-state index contributed by atoms with van der Waals surface area (Å²) in [7, 11) is -18.8. The van der Waals surface area contributed by atoms with E-state index in [0.29, 0.717) is 0 Å². The molecule has 0 saturated heterocycles. The van der Waals surface area contributed by atoms with Gasteiger partial charge in [-0.3, -0.25) is 4.79 Å². The fraction of sp³-hybridized carbons (Fsp3) is 0. The number of hydrogen-bond donors (Lipinski definition) is 2. The molecule has 0 radical (unpaired) electrons. The topological polar surface area (TPSA) is 178 Å². The number of ketones is 1. The molecule has 220 valence electrons. The number of rotatable bonds is 10. The van der Waals surface area contributed by atoms with E-state index in [2.05, 4.69) is 0 Å². The van der Waals surface area contributed by atoms with Crippen LogP contribution in [0.3, 0.4) is 0 Å². The van der Waals surface area contributed by atoms with Crippen molar-refractivity contribution in [2.75, 3.05) is 0 Å². The Balaban J connectivity index is 1.68. The first-order valence-corrected chi connectivity index (χ1v) is 18.0. The van der Waals surface area contributed by atoms with Crippen LogP contribution in [-0.2, 0) is 40.1 Å². The molecule has 0 unspecified atom stereocenters. The molecule has 4 rings (SSSR count). The van der Waals surface area contributed by atoms with Crippen LogP contribution in [0.1, 0.15) is 15.9 Å². The fourth-order valence-electron chi connectivity index (χ4n) is 3.54. The minimum atomic E-state index is -4.84. The number of carbonyl (C=O) groups is 1. The number of carbonyl (C=O) groups excluding carboxylic acids is 1. The maximum absolute atomic E-state index is 13.3. The number of nitrogens with one attached hydrogen (secondary N) is 2. The average molecular weight is 690 g/mol. The molecule has 0 aliphatic carbocycles. The molecule has 2 N–H and O–H groups in total. The van der Waals surface area contributed by atoms with Crippen LogP contribution >= 0.6 is 23.2 Å². The van der Waals surface area contributed by atoms with E-state index in [-0.39, 0.29) is 20.9 Å². The van der Waals surface area contributed by atoms with Crippen LogP contribution in [0, 0.1) is 0 Å². The molecule has 0 fully saturated rings.